The van der Waals surface area contributed by atoms with Crippen molar-refractivity contribution in [1.29, 1.82) is 5.26 Å². The molecule has 31 heavy (non-hydrogen) atoms. The number of nitrogen functional groups attached to an aromatic ring is 1. The van der Waals surface area contributed by atoms with Crippen LogP contribution in [0.4, 0.5) is 11.6 Å². The number of nitrogens with one attached hydrogen (secondary N) is 1. The number of rotatable bonds is 5. The molecule has 2 aliphatic carbocycles. The lowest BCUT2D eigenvalue weighted by Gasteiger charge is -2.12. The normalized spacial score (nSPS) is 23.9. The maximum Gasteiger partial charge on any atom is 0.229 e. The van der Waals surface area contributed by atoms with Crippen LogP contribution in [0, 0.1) is 35.0 Å². The summed E-state index contributed by atoms with van der Waals surface area (Å²) < 4.78 is 5.28. The molecule has 1 unspecified atom stereocenters. The first-order chi connectivity index (χ1) is 15.1. The van der Waals surface area contributed by atoms with Gasteiger partial charge in [-0.3, -0.25) is 9.78 Å². The molecule has 8 heteroatoms. The number of pyridine rings is 3. The standard InChI is InChI=1S/C23H22N6O2/c1-31-11-13-4-5-26-9-16(13)18-6-14-7-19(27-10-17(14)22(25)28-18)29-23(30)21-15-3-2-12(8-24)20(15)21/h4-7,9-10,12,15,20-21H,2-3,11H2,1H3,(H2,25,28)(H,27,29,30)/t12-,15?,20+,21-/m1/s1. The highest BCUT2D eigenvalue weighted by molar-refractivity contribution is 5.98. The van der Waals surface area contributed by atoms with E-state index in [9.17, 15) is 10.1 Å². The average molecular weight is 414 g/mol. The van der Waals surface area contributed by atoms with Gasteiger partial charge in [0.05, 0.1) is 24.3 Å². The molecule has 0 radical (unpaired) electrons. The number of hydrogen-bond acceptors (Lipinski definition) is 7. The number of aromatic nitrogens is 3. The van der Waals surface area contributed by atoms with Gasteiger partial charge in [0, 0.05) is 42.6 Å². The van der Waals surface area contributed by atoms with Gasteiger partial charge in [0.2, 0.25) is 5.91 Å². The van der Waals surface area contributed by atoms with Crippen LogP contribution in [0.2, 0.25) is 0 Å². The lowest BCUT2D eigenvalue weighted by molar-refractivity contribution is -0.118. The highest BCUT2D eigenvalue weighted by Gasteiger charge is 2.61. The van der Waals surface area contributed by atoms with Crippen LogP contribution in [-0.2, 0) is 16.1 Å². The average Bonchev–Trinajstić information content (AvgIpc) is 3.34. The van der Waals surface area contributed by atoms with Gasteiger partial charge in [-0.2, -0.15) is 5.26 Å². The zero-order chi connectivity index (χ0) is 21.5. The Morgan fingerprint density at radius 1 is 1.35 bits per heavy atom. The monoisotopic (exact) mass is 414 g/mol. The maximum atomic E-state index is 12.7. The number of hydrogen-bond donors (Lipinski definition) is 2. The first-order valence-electron chi connectivity index (χ1n) is 10.3. The van der Waals surface area contributed by atoms with E-state index in [0.717, 1.165) is 29.4 Å². The van der Waals surface area contributed by atoms with Crippen molar-refractivity contribution in [3.63, 3.8) is 0 Å². The van der Waals surface area contributed by atoms with Crippen LogP contribution in [0.5, 0.6) is 0 Å². The van der Waals surface area contributed by atoms with Gasteiger partial charge in [-0.1, -0.05) is 0 Å². The van der Waals surface area contributed by atoms with Crippen molar-refractivity contribution >= 4 is 28.3 Å². The molecule has 1 amide bonds. The van der Waals surface area contributed by atoms with E-state index in [1.165, 1.54) is 0 Å². The zero-order valence-corrected chi connectivity index (χ0v) is 17.1. The second-order valence-corrected chi connectivity index (χ2v) is 8.22. The van der Waals surface area contributed by atoms with Gasteiger partial charge < -0.3 is 15.8 Å². The van der Waals surface area contributed by atoms with E-state index in [-0.39, 0.29) is 23.7 Å². The Kier molecular flexibility index (Phi) is 4.75. The fourth-order valence-corrected chi connectivity index (χ4v) is 4.93. The van der Waals surface area contributed by atoms with Crippen molar-refractivity contribution in [3.05, 3.63) is 42.4 Å². The fourth-order valence-electron chi connectivity index (χ4n) is 4.93. The van der Waals surface area contributed by atoms with Gasteiger partial charge in [0.15, 0.2) is 0 Å². The van der Waals surface area contributed by atoms with E-state index in [1.807, 2.05) is 12.1 Å². The van der Waals surface area contributed by atoms with Crippen molar-refractivity contribution < 1.29 is 9.53 Å². The number of carbonyl (C=O) groups is 1. The van der Waals surface area contributed by atoms with Gasteiger partial charge in [0.1, 0.15) is 11.6 Å². The van der Waals surface area contributed by atoms with E-state index in [2.05, 4.69) is 26.3 Å². The third kappa shape index (κ3) is 3.37. The summed E-state index contributed by atoms with van der Waals surface area (Å²) in [6.45, 7) is 0.433. The second kappa shape index (κ2) is 7.60. The van der Waals surface area contributed by atoms with E-state index in [1.54, 1.807) is 31.8 Å². The highest BCUT2D eigenvalue weighted by atomic mass is 16.5. The molecule has 5 rings (SSSR count). The number of methoxy groups -OCH3 is 1. The fraction of sp³-hybridized carbons (Fsp3) is 0.348. The molecule has 3 aromatic heterocycles. The number of ether oxygens (including phenoxy) is 1. The minimum absolute atomic E-state index is 0.000443. The van der Waals surface area contributed by atoms with Crippen LogP contribution in [0.25, 0.3) is 22.0 Å². The van der Waals surface area contributed by atoms with Crippen LogP contribution >= 0.6 is 0 Å². The van der Waals surface area contributed by atoms with E-state index in [0.29, 0.717) is 35.2 Å². The molecular formula is C23H22N6O2. The summed E-state index contributed by atoms with van der Waals surface area (Å²) in [6.07, 6.45) is 6.93. The summed E-state index contributed by atoms with van der Waals surface area (Å²) >= 11 is 0. The second-order valence-electron chi connectivity index (χ2n) is 8.22. The first-order valence-corrected chi connectivity index (χ1v) is 10.3. The predicted octanol–water partition coefficient (Wildman–Crippen LogP) is 3.15. The van der Waals surface area contributed by atoms with Gasteiger partial charge in [-0.25, -0.2) is 9.97 Å². The van der Waals surface area contributed by atoms with Crippen molar-refractivity contribution in [3.8, 4) is 17.3 Å². The number of nitrogens with zero attached hydrogens (tertiary/aromatic N) is 4. The van der Waals surface area contributed by atoms with Crippen molar-refractivity contribution in [2.75, 3.05) is 18.2 Å². The quantitative estimate of drug-likeness (QED) is 0.656. The predicted molar refractivity (Wildman–Crippen MR) is 115 cm³/mol. The van der Waals surface area contributed by atoms with Crippen molar-refractivity contribution in [2.24, 2.45) is 23.7 Å². The lowest BCUT2D eigenvalue weighted by atomic mass is 10.0. The summed E-state index contributed by atoms with van der Waals surface area (Å²) in [6, 6.07) is 7.95. The molecule has 0 bridgehead atoms. The Morgan fingerprint density at radius 3 is 3.03 bits per heavy atom. The number of anilines is 2. The molecule has 3 N–H and O–H groups in total. The summed E-state index contributed by atoms with van der Waals surface area (Å²) in [7, 11) is 1.64. The minimum atomic E-state index is -0.0824. The van der Waals surface area contributed by atoms with Crippen LogP contribution in [0.15, 0.2) is 36.8 Å². The molecule has 0 aromatic carbocycles. The summed E-state index contributed by atoms with van der Waals surface area (Å²) in [5.74, 6) is 1.22. The highest BCUT2D eigenvalue weighted by Crippen LogP contribution is 2.60. The Balaban J connectivity index is 1.43. The zero-order valence-electron chi connectivity index (χ0n) is 17.1. The molecule has 3 aromatic rings. The molecule has 0 aliphatic heterocycles. The number of carbonyl (C=O) groups excluding carboxylic acids is 1. The molecule has 2 fully saturated rings. The lowest BCUT2D eigenvalue weighted by Crippen LogP contribution is -2.19. The summed E-state index contributed by atoms with van der Waals surface area (Å²) in [4.78, 5) is 25.8. The van der Waals surface area contributed by atoms with Crippen LogP contribution < -0.4 is 11.1 Å². The van der Waals surface area contributed by atoms with Crippen LogP contribution in [0.1, 0.15) is 18.4 Å². The first kappa shape index (κ1) is 19.4. The number of amides is 1. The molecule has 2 saturated carbocycles. The molecule has 8 nitrogen and oxygen atoms in total. The smallest absolute Gasteiger partial charge is 0.229 e. The molecule has 3 heterocycles. The van der Waals surface area contributed by atoms with Crippen LogP contribution in [-0.4, -0.2) is 28.0 Å². The molecule has 2 aliphatic rings. The Labute approximate surface area is 179 Å². The molecule has 0 saturated heterocycles. The van der Waals surface area contributed by atoms with Crippen LogP contribution in [0.3, 0.4) is 0 Å². The molecular weight excluding hydrogens is 392 g/mol. The SMILES string of the molecule is COCc1ccncc1-c1cc2cc(NC(=O)[C@@H]3C4CC[C@H](C#N)[C@@H]43)ncc2c(N)n1. The largest absolute Gasteiger partial charge is 0.383 e. The molecule has 4 atom stereocenters. The topological polar surface area (TPSA) is 127 Å². The minimum Gasteiger partial charge on any atom is -0.383 e. The van der Waals surface area contributed by atoms with Crippen molar-refractivity contribution in [2.45, 2.75) is 19.4 Å². The van der Waals surface area contributed by atoms with E-state index in [4.69, 9.17) is 10.5 Å². The van der Waals surface area contributed by atoms with E-state index >= 15 is 0 Å². The Morgan fingerprint density at radius 2 is 2.23 bits per heavy atom. The Bertz CT molecular complexity index is 1220. The van der Waals surface area contributed by atoms with E-state index < -0.39 is 0 Å². The molecule has 156 valence electrons. The number of nitriles is 1. The number of fused-ring (bicyclic) bond motifs is 2. The van der Waals surface area contributed by atoms with Crippen molar-refractivity contribution in [1.82, 2.24) is 15.0 Å². The third-order valence-corrected chi connectivity index (χ3v) is 6.46. The van der Waals surface area contributed by atoms with Gasteiger partial charge in [-0.05, 0) is 53.8 Å². The van der Waals surface area contributed by atoms with Gasteiger partial charge >= 0.3 is 0 Å². The maximum absolute atomic E-state index is 12.7. The summed E-state index contributed by atoms with van der Waals surface area (Å²) in [5, 5.41) is 13.7. The number of nitrogens with two attached hydrogens (primary N) is 1. The summed E-state index contributed by atoms with van der Waals surface area (Å²) in [5.41, 5.74) is 8.68. The third-order valence-electron chi connectivity index (χ3n) is 6.46. The van der Waals surface area contributed by atoms with Gasteiger partial charge in [0.25, 0.3) is 0 Å². The van der Waals surface area contributed by atoms with Gasteiger partial charge in [-0.15, -0.1) is 0 Å². The Hall–Kier alpha value is -3.57. The molecule has 0 spiro atoms.